The number of hydrogen-bond acceptors (Lipinski definition) is 6. The van der Waals surface area contributed by atoms with Gasteiger partial charge in [-0.3, -0.25) is 10.1 Å². The fourth-order valence-corrected chi connectivity index (χ4v) is 4.25. The summed E-state index contributed by atoms with van der Waals surface area (Å²) in [5.41, 5.74) is 2.29. The highest BCUT2D eigenvalue weighted by atomic mass is 127. The van der Waals surface area contributed by atoms with Gasteiger partial charge in [-0.1, -0.05) is 0 Å². The topological polar surface area (TPSA) is 62.5 Å². The van der Waals surface area contributed by atoms with Gasteiger partial charge in [0.2, 0.25) is 0 Å². The molecule has 2 aromatic rings. The molecule has 0 N–H and O–H groups in total. The number of halogens is 1. The SMILES string of the molecule is Cc1csc(N2CCCN(c3ccc([N+](=O)[O-])c(I)c3)CC2)n1. The number of thiazole rings is 1. The second kappa shape index (κ2) is 7.00. The minimum atomic E-state index is -0.333. The van der Waals surface area contributed by atoms with Crippen LogP contribution in [-0.4, -0.2) is 36.1 Å². The van der Waals surface area contributed by atoms with E-state index in [2.05, 4.69) is 20.2 Å². The summed E-state index contributed by atoms with van der Waals surface area (Å²) in [6.45, 7) is 5.78. The van der Waals surface area contributed by atoms with E-state index < -0.39 is 0 Å². The second-order valence-electron chi connectivity index (χ2n) is 5.49. The van der Waals surface area contributed by atoms with Crippen LogP contribution in [0.15, 0.2) is 23.6 Å². The average Bonchev–Trinajstić information content (AvgIpc) is 2.80. The molecule has 0 amide bonds. The molecule has 6 nitrogen and oxygen atoms in total. The Morgan fingerprint density at radius 3 is 2.65 bits per heavy atom. The van der Waals surface area contributed by atoms with Crippen molar-refractivity contribution >= 4 is 50.4 Å². The fraction of sp³-hybridized carbons (Fsp3) is 0.400. The van der Waals surface area contributed by atoms with E-state index in [0.29, 0.717) is 3.57 Å². The zero-order chi connectivity index (χ0) is 16.4. The summed E-state index contributed by atoms with van der Waals surface area (Å²) in [6, 6.07) is 5.36. The number of anilines is 2. The van der Waals surface area contributed by atoms with Gasteiger partial charge in [-0.2, -0.15) is 0 Å². The fourth-order valence-electron chi connectivity index (χ4n) is 2.69. The monoisotopic (exact) mass is 444 g/mol. The highest BCUT2D eigenvalue weighted by Gasteiger charge is 2.19. The van der Waals surface area contributed by atoms with E-state index in [0.717, 1.165) is 49.1 Å². The van der Waals surface area contributed by atoms with Crippen LogP contribution in [0.4, 0.5) is 16.5 Å². The molecule has 0 radical (unpaired) electrons. The third kappa shape index (κ3) is 3.74. The normalized spacial score (nSPS) is 15.6. The second-order valence-corrected chi connectivity index (χ2v) is 7.49. The number of benzene rings is 1. The van der Waals surface area contributed by atoms with E-state index in [1.54, 1.807) is 17.4 Å². The number of hydrogen-bond donors (Lipinski definition) is 0. The van der Waals surface area contributed by atoms with Gasteiger partial charge in [0.25, 0.3) is 5.69 Å². The smallest absolute Gasteiger partial charge is 0.282 e. The quantitative estimate of drug-likeness (QED) is 0.411. The van der Waals surface area contributed by atoms with E-state index in [9.17, 15) is 10.1 Å². The molecule has 2 heterocycles. The minimum Gasteiger partial charge on any atom is -0.370 e. The van der Waals surface area contributed by atoms with Crippen LogP contribution in [0.5, 0.6) is 0 Å². The van der Waals surface area contributed by atoms with E-state index >= 15 is 0 Å². The maximum Gasteiger partial charge on any atom is 0.282 e. The van der Waals surface area contributed by atoms with Crippen molar-refractivity contribution in [3.63, 3.8) is 0 Å². The van der Waals surface area contributed by atoms with Gasteiger partial charge < -0.3 is 9.80 Å². The van der Waals surface area contributed by atoms with Crippen LogP contribution in [0.3, 0.4) is 0 Å². The molecule has 1 aliphatic heterocycles. The Balaban J connectivity index is 1.73. The zero-order valence-corrected chi connectivity index (χ0v) is 15.7. The molecule has 0 unspecified atom stereocenters. The van der Waals surface area contributed by atoms with Gasteiger partial charge in [0.05, 0.1) is 14.2 Å². The summed E-state index contributed by atoms with van der Waals surface area (Å²) < 4.78 is 0.682. The average molecular weight is 444 g/mol. The van der Waals surface area contributed by atoms with Crippen LogP contribution < -0.4 is 9.80 Å². The van der Waals surface area contributed by atoms with Gasteiger partial charge in [0, 0.05) is 43.3 Å². The standard InChI is InChI=1S/C15H17IN4O2S/c1-11-10-23-15(17-11)19-6-2-5-18(7-8-19)12-3-4-14(20(21)22)13(16)9-12/h3-4,9-10H,2,5-8H2,1H3. The van der Waals surface area contributed by atoms with E-state index in [1.165, 1.54) is 0 Å². The van der Waals surface area contributed by atoms with Crippen molar-refractivity contribution < 1.29 is 4.92 Å². The Bertz CT molecular complexity index is 721. The molecule has 122 valence electrons. The van der Waals surface area contributed by atoms with Crippen molar-refractivity contribution in [2.75, 3.05) is 36.0 Å². The van der Waals surface area contributed by atoms with Crippen LogP contribution in [0, 0.1) is 20.6 Å². The Hall–Kier alpha value is -1.42. The molecule has 1 saturated heterocycles. The van der Waals surface area contributed by atoms with Crippen LogP contribution in [0.25, 0.3) is 0 Å². The third-order valence-electron chi connectivity index (χ3n) is 3.87. The maximum atomic E-state index is 10.9. The lowest BCUT2D eigenvalue weighted by atomic mass is 10.2. The summed E-state index contributed by atoms with van der Waals surface area (Å²) >= 11 is 3.73. The van der Waals surface area contributed by atoms with Gasteiger partial charge in [-0.05, 0) is 48.1 Å². The Labute approximate surface area is 152 Å². The highest BCUT2D eigenvalue weighted by Crippen LogP contribution is 2.28. The summed E-state index contributed by atoms with van der Waals surface area (Å²) in [6.07, 6.45) is 1.05. The zero-order valence-electron chi connectivity index (χ0n) is 12.7. The lowest BCUT2D eigenvalue weighted by Crippen LogP contribution is -2.30. The first-order valence-corrected chi connectivity index (χ1v) is 9.36. The third-order valence-corrected chi connectivity index (χ3v) is 5.75. The molecule has 1 aromatic carbocycles. The molecule has 0 atom stereocenters. The molecule has 0 aliphatic carbocycles. The van der Waals surface area contributed by atoms with Crippen molar-refractivity contribution in [1.82, 2.24) is 4.98 Å². The van der Waals surface area contributed by atoms with Crippen molar-refractivity contribution in [3.8, 4) is 0 Å². The molecule has 0 saturated carbocycles. The Morgan fingerprint density at radius 1 is 1.26 bits per heavy atom. The number of nitro benzene ring substituents is 1. The summed E-state index contributed by atoms with van der Waals surface area (Å²) in [5.74, 6) is 0. The molecular weight excluding hydrogens is 427 g/mol. The minimum absolute atomic E-state index is 0.170. The first-order chi connectivity index (χ1) is 11.0. The molecule has 1 fully saturated rings. The summed E-state index contributed by atoms with van der Waals surface area (Å²) in [5, 5.41) is 14.1. The van der Waals surface area contributed by atoms with Gasteiger partial charge in [0.1, 0.15) is 0 Å². The van der Waals surface area contributed by atoms with Crippen LogP contribution in [-0.2, 0) is 0 Å². The summed E-state index contributed by atoms with van der Waals surface area (Å²) in [7, 11) is 0. The molecule has 0 bridgehead atoms. The predicted octanol–water partition coefficient (Wildman–Crippen LogP) is 3.68. The van der Waals surface area contributed by atoms with Crippen molar-refractivity contribution in [1.29, 1.82) is 0 Å². The molecule has 1 aliphatic rings. The van der Waals surface area contributed by atoms with Crippen LogP contribution >= 0.6 is 33.9 Å². The van der Waals surface area contributed by atoms with Crippen molar-refractivity contribution in [3.05, 3.63) is 43.0 Å². The van der Waals surface area contributed by atoms with E-state index in [4.69, 9.17) is 0 Å². The first-order valence-electron chi connectivity index (χ1n) is 7.40. The number of rotatable bonds is 3. The van der Waals surface area contributed by atoms with Crippen LogP contribution in [0.2, 0.25) is 0 Å². The molecule has 8 heteroatoms. The van der Waals surface area contributed by atoms with Crippen molar-refractivity contribution in [2.24, 2.45) is 0 Å². The predicted molar refractivity (Wildman–Crippen MR) is 102 cm³/mol. The van der Waals surface area contributed by atoms with Gasteiger partial charge in [-0.25, -0.2) is 4.98 Å². The largest absolute Gasteiger partial charge is 0.370 e. The molecule has 1 aromatic heterocycles. The molecule has 0 spiro atoms. The Morgan fingerprint density at radius 2 is 2.00 bits per heavy atom. The number of nitro groups is 1. The van der Waals surface area contributed by atoms with E-state index in [-0.39, 0.29) is 10.6 Å². The molecule has 23 heavy (non-hydrogen) atoms. The summed E-state index contributed by atoms with van der Waals surface area (Å²) in [4.78, 5) is 19.8. The number of nitrogens with zero attached hydrogens (tertiary/aromatic N) is 4. The van der Waals surface area contributed by atoms with Crippen LogP contribution in [0.1, 0.15) is 12.1 Å². The molecule has 3 rings (SSSR count). The Kier molecular flexibility index (Phi) is 5.00. The van der Waals surface area contributed by atoms with E-state index in [1.807, 2.05) is 41.6 Å². The highest BCUT2D eigenvalue weighted by molar-refractivity contribution is 14.1. The molecular formula is C15H17IN4O2S. The maximum absolute atomic E-state index is 10.9. The first kappa shape index (κ1) is 16.4. The van der Waals surface area contributed by atoms with Gasteiger partial charge in [-0.15, -0.1) is 11.3 Å². The van der Waals surface area contributed by atoms with Crippen molar-refractivity contribution in [2.45, 2.75) is 13.3 Å². The number of aryl methyl sites for hydroxylation is 1. The van der Waals surface area contributed by atoms with Gasteiger partial charge >= 0.3 is 0 Å². The lowest BCUT2D eigenvalue weighted by molar-refractivity contribution is -0.385. The van der Waals surface area contributed by atoms with Gasteiger partial charge in [0.15, 0.2) is 5.13 Å². The number of aromatic nitrogens is 1. The lowest BCUT2D eigenvalue weighted by Gasteiger charge is -2.23.